The van der Waals surface area contributed by atoms with E-state index in [0.29, 0.717) is 0 Å². The molecule has 0 atom stereocenters. The molecule has 0 amide bonds. The van der Waals surface area contributed by atoms with Crippen molar-refractivity contribution in [2.45, 2.75) is 6.92 Å². The molecular weight excluding hydrogens is 174 g/mol. The van der Waals surface area contributed by atoms with E-state index in [4.69, 9.17) is 6.42 Å². The molecule has 0 heterocycles. The number of nitrogens with zero attached hydrogens (tertiary/aromatic N) is 1. The van der Waals surface area contributed by atoms with E-state index >= 15 is 0 Å². The molecule has 0 rings (SSSR count). The smallest absolute Gasteiger partial charge is 0.212 e. The molecule has 0 aromatic heterocycles. The molecule has 0 aliphatic carbocycles. The molecule has 0 radical (unpaired) electrons. The number of terminal acetylenes is 1. The number of hydrogen-bond donors (Lipinski definition) is 0. The summed E-state index contributed by atoms with van der Waals surface area (Å²) >= 11 is 0. The van der Waals surface area contributed by atoms with E-state index in [1.165, 1.54) is 0 Å². The second-order valence-corrected chi connectivity index (χ2v) is 4.14. The topological polar surface area (TPSA) is 37.4 Å². The first-order chi connectivity index (χ1) is 5.52. The first-order valence-corrected chi connectivity index (χ1v) is 5.15. The Morgan fingerprint density at radius 1 is 1.42 bits per heavy atom. The van der Waals surface area contributed by atoms with Gasteiger partial charge in [-0.2, -0.15) is 4.31 Å². The third-order valence-corrected chi connectivity index (χ3v) is 2.37. The lowest BCUT2D eigenvalue weighted by atomic mass is 10.5. The molecule has 0 saturated carbocycles. The van der Waals surface area contributed by atoms with Crippen molar-refractivity contribution in [3.63, 3.8) is 0 Å². The van der Waals surface area contributed by atoms with Gasteiger partial charge in [-0.3, -0.25) is 0 Å². The highest BCUT2D eigenvalue weighted by Crippen LogP contribution is 1.94. The summed E-state index contributed by atoms with van der Waals surface area (Å²) in [7, 11) is -3.21. The average Bonchev–Trinajstić information content (AvgIpc) is 1.95. The maximum Gasteiger partial charge on any atom is 0.212 e. The first kappa shape index (κ1) is 11.0. The maximum absolute atomic E-state index is 11.0. The van der Waals surface area contributed by atoms with E-state index < -0.39 is 10.0 Å². The van der Waals surface area contributed by atoms with E-state index in [0.717, 1.165) is 10.6 Å². The fourth-order valence-electron chi connectivity index (χ4n) is 0.559. The van der Waals surface area contributed by atoms with Gasteiger partial charge < -0.3 is 0 Å². The summed E-state index contributed by atoms with van der Waals surface area (Å²) in [5, 5.41) is 0. The molecule has 4 heteroatoms. The minimum Gasteiger partial charge on any atom is -0.212 e. The fraction of sp³-hybridized carbons (Fsp3) is 0.500. The maximum atomic E-state index is 11.0. The standard InChI is InChI=1S/C8H11NO2S/c1-4-6-8-9(7-5-2)12(3,10)11/h2H,7-8H2,1,3H3. The minimum atomic E-state index is -3.21. The molecule has 12 heavy (non-hydrogen) atoms. The van der Waals surface area contributed by atoms with Crippen LogP contribution in [0.5, 0.6) is 0 Å². The van der Waals surface area contributed by atoms with Crippen molar-refractivity contribution in [2.75, 3.05) is 19.3 Å². The van der Waals surface area contributed by atoms with Crippen LogP contribution in [0.3, 0.4) is 0 Å². The predicted molar refractivity (Wildman–Crippen MR) is 48.7 cm³/mol. The summed E-state index contributed by atoms with van der Waals surface area (Å²) in [6.45, 7) is 1.89. The van der Waals surface area contributed by atoms with Crippen molar-refractivity contribution < 1.29 is 8.42 Å². The first-order valence-electron chi connectivity index (χ1n) is 3.30. The van der Waals surface area contributed by atoms with E-state index in [1.54, 1.807) is 6.92 Å². The summed E-state index contributed by atoms with van der Waals surface area (Å²) in [4.78, 5) is 0. The Balaban J connectivity index is 4.44. The van der Waals surface area contributed by atoms with Crippen LogP contribution in [-0.4, -0.2) is 32.1 Å². The molecule has 3 nitrogen and oxygen atoms in total. The lowest BCUT2D eigenvalue weighted by Gasteiger charge is -2.12. The van der Waals surface area contributed by atoms with Crippen LogP contribution < -0.4 is 0 Å². The van der Waals surface area contributed by atoms with E-state index in [2.05, 4.69) is 17.8 Å². The third-order valence-electron chi connectivity index (χ3n) is 1.17. The van der Waals surface area contributed by atoms with Gasteiger partial charge in [0.1, 0.15) is 0 Å². The Morgan fingerprint density at radius 2 is 2.00 bits per heavy atom. The second kappa shape index (κ2) is 4.82. The van der Waals surface area contributed by atoms with Gasteiger partial charge in [-0.1, -0.05) is 11.8 Å². The molecule has 0 aromatic carbocycles. The number of rotatable bonds is 3. The molecular formula is C8H11NO2S. The normalized spacial score (nSPS) is 10.2. The van der Waals surface area contributed by atoms with Gasteiger partial charge in [0.25, 0.3) is 0 Å². The van der Waals surface area contributed by atoms with Crippen molar-refractivity contribution in [1.29, 1.82) is 0 Å². The highest BCUT2D eigenvalue weighted by molar-refractivity contribution is 7.88. The van der Waals surface area contributed by atoms with Crippen molar-refractivity contribution >= 4 is 10.0 Å². The van der Waals surface area contributed by atoms with Crippen molar-refractivity contribution in [3.8, 4) is 24.2 Å². The van der Waals surface area contributed by atoms with Gasteiger partial charge in [0.05, 0.1) is 19.3 Å². The zero-order valence-corrected chi connectivity index (χ0v) is 7.98. The molecule has 0 N–H and O–H groups in total. The summed E-state index contributed by atoms with van der Waals surface area (Å²) in [5.41, 5.74) is 0. The largest absolute Gasteiger partial charge is 0.212 e. The Morgan fingerprint density at radius 3 is 2.33 bits per heavy atom. The molecule has 66 valence electrons. The van der Waals surface area contributed by atoms with Crippen LogP contribution in [0.15, 0.2) is 0 Å². The fourth-order valence-corrected chi connectivity index (χ4v) is 1.17. The molecule has 0 aromatic rings. The summed E-state index contributed by atoms with van der Waals surface area (Å²) in [5.74, 6) is 7.51. The van der Waals surface area contributed by atoms with E-state index in [1.807, 2.05) is 0 Å². The van der Waals surface area contributed by atoms with Gasteiger partial charge in [0.2, 0.25) is 10.0 Å². The zero-order valence-electron chi connectivity index (χ0n) is 7.16. The Hall–Kier alpha value is -0.970. The summed E-state index contributed by atoms with van der Waals surface area (Å²) in [6.07, 6.45) is 6.11. The lowest BCUT2D eigenvalue weighted by molar-refractivity contribution is 0.488. The summed E-state index contributed by atoms with van der Waals surface area (Å²) < 4.78 is 23.1. The molecule has 0 aliphatic heterocycles. The quantitative estimate of drug-likeness (QED) is 0.576. The average molecular weight is 185 g/mol. The Kier molecular flexibility index (Phi) is 4.43. The van der Waals surface area contributed by atoms with Crippen LogP contribution in [-0.2, 0) is 10.0 Å². The molecule has 0 saturated heterocycles. The van der Waals surface area contributed by atoms with E-state index in [9.17, 15) is 8.42 Å². The van der Waals surface area contributed by atoms with Crippen molar-refractivity contribution in [1.82, 2.24) is 4.31 Å². The third kappa shape index (κ3) is 4.02. The number of sulfonamides is 1. The zero-order chi connectivity index (χ0) is 9.61. The summed E-state index contributed by atoms with van der Waals surface area (Å²) in [6, 6.07) is 0. The van der Waals surface area contributed by atoms with Gasteiger partial charge in [0, 0.05) is 0 Å². The molecule has 0 aliphatic rings. The second-order valence-electron chi connectivity index (χ2n) is 2.16. The van der Waals surface area contributed by atoms with Gasteiger partial charge in [-0.25, -0.2) is 8.42 Å². The van der Waals surface area contributed by atoms with E-state index in [-0.39, 0.29) is 13.1 Å². The van der Waals surface area contributed by atoms with Crippen LogP contribution >= 0.6 is 0 Å². The molecule has 0 spiro atoms. The van der Waals surface area contributed by atoms with Crippen LogP contribution in [0.4, 0.5) is 0 Å². The van der Waals surface area contributed by atoms with Gasteiger partial charge in [0.15, 0.2) is 0 Å². The highest BCUT2D eigenvalue weighted by atomic mass is 32.2. The highest BCUT2D eigenvalue weighted by Gasteiger charge is 2.12. The van der Waals surface area contributed by atoms with Gasteiger partial charge >= 0.3 is 0 Å². The Labute approximate surface area is 73.8 Å². The predicted octanol–water partition coefficient (Wildman–Crippen LogP) is -0.0955. The van der Waals surface area contributed by atoms with Crippen LogP contribution in [0.25, 0.3) is 0 Å². The van der Waals surface area contributed by atoms with Crippen LogP contribution in [0.2, 0.25) is 0 Å². The van der Waals surface area contributed by atoms with Crippen molar-refractivity contribution in [3.05, 3.63) is 0 Å². The van der Waals surface area contributed by atoms with Crippen molar-refractivity contribution in [2.24, 2.45) is 0 Å². The van der Waals surface area contributed by atoms with Gasteiger partial charge in [-0.15, -0.1) is 12.3 Å². The van der Waals surface area contributed by atoms with Gasteiger partial charge in [-0.05, 0) is 6.92 Å². The Bertz CT molecular complexity index is 326. The van der Waals surface area contributed by atoms with Crippen LogP contribution in [0.1, 0.15) is 6.92 Å². The lowest BCUT2D eigenvalue weighted by Crippen LogP contribution is -2.30. The molecule has 0 unspecified atom stereocenters. The monoisotopic (exact) mass is 185 g/mol. The molecule has 0 fully saturated rings. The molecule has 0 bridgehead atoms. The SMILES string of the molecule is C#CCN(CC#CC)S(C)(=O)=O. The van der Waals surface area contributed by atoms with Crippen LogP contribution in [0, 0.1) is 24.2 Å². The minimum absolute atomic E-state index is 0.0769. The number of hydrogen-bond acceptors (Lipinski definition) is 2.